The fourth-order valence-electron chi connectivity index (χ4n) is 3.65. The fraction of sp³-hybridized carbons (Fsp3) is 0.706. The molecule has 0 amide bonds. The van der Waals surface area contributed by atoms with Gasteiger partial charge in [0.15, 0.2) is 0 Å². The van der Waals surface area contributed by atoms with E-state index in [0.717, 1.165) is 17.4 Å². The summed E-state index contributed by atoms with van der Waals surface area (Å²) < 4.78 is 1.08. The van der Waals surface area contributed by atoms with Crippen LogP contribution >= 0.6 is 15.9 Å². The van der Waals surface area contributed by atoms with Crippen LogP contribution in [-0.2, 0) is 6.42 Å². The lowest BCUT2D eigenvalue weighted by Gasteiger charge is -2.38. The lowest BCUT2D eigenvalue weighted by Crippen LogP contribution is -2.45. The molecular weight excluding hydrogens is 312 g/mol. The molecule has 0 saturated heterocycles. The van der Waals surface area contributed by atoms with Crippen molar-refractivity contribution < 1.29 is 0 Å². The molecule has 0 radical (unpaired) electrons. The van der Waals surface area contributed by atoms with Gasteiger partial charge in [0.2, 0.25) is 0 Å². The largest absolute Gasteiger partial charge is 0.313 e. The number of aromatic nitrogens is 1. The Morgan fingerprint density at radius 3 is 2.65 bits per heavy atom. The van der Waals surface area contributed by atoms with Crippen LogP contribution in [0.4, 0.5) is 0 Å². The summed E-state index contributed by atoms with van der Waals surface area (Å²) >= 11 is 3.54. The summed E-state index contributed by atoms with van der Waals surface area (Å²) in [4.78, 5) is 4.32. The average Bonchev–Trinajstić information content (AvgIpc) is 2.93. The first kappa shape index (κ1) is 16.0. The van der Waals surface area contributed by atoms with Crippen LogP contribution < -0.4 is 5.32 Å². The topological polar surface area (TPSA) is 24.9 Å². The molecule has 2 nitrogen and oxygen atoms in total. The summed E-state index contributed by atoms with van der Waals surface area (Å²) in [6.07, 6.45) is 13.0. The molecule has 1 aromatic heterocycles. The predicted molar refractivity (Wildman–Crippen MR) is 88.9 cm³/mol. The second-order valence-electron chi connectivity index (χ2n) is 6.15. The van der Waals surface area contributed by atoms with Gasteiger partial charge in [0.05, 0.1) is 0 Å². The number of rotatable bonds is 7. The Hall–Kier alpha value is -0.410. The molecule has 3 heteroatoms. The molecule has 0 spiro atoms. The van der Waals surface area contributed by atoms with E-state index in [4.69, 9.17) is 0 Å². The first-order valence-electron chi connectivity index (χ1n) is 8.03. The molecule has 1 aromatic rings. The third-order valence-corrected chi connectivity index (χ3v) is 5.32. The zero-order valence-corrected chi connectivity index (χ0v) is 14.4. The number of hydrogen-bond acceptors (Lipinski definition) is 2. The number of pyridine rings is 1. The Bertz CT molecular complexity index is 413. The highest BCUT2D eigenvalue weighted by Gasteiger charge is 2.39. The molecule has 1 unspecified atom stereocenters. The Morgan fingerprint density at radius 1 is 1.30 bits per heavy atom. The Balaban J connectivity index is 2.14. The van der Waals surface area contributed by atoms with Gasteiger partial charge in [-0.25, -0.2) is 0 Å². The van der Waals surface area contributed by atoms with Crippen molar-refractivity contribution in [1.29, 1.82) is 0 Å². The second kappa shape index (κ2) is 7.56. The normalized spacial score (nSPS) is 19.1. The SMILES string of the molecule is CCCNC(Cc1cncc(Br)c1)C1(CC)CCCC1. The van der Waals surface area contributed by atoms with Gasteiger partial charge in [0.25, 0.3) is 0 Å². The molecule has 1 heterocycles. The van der Waals surface area contributed by atoms with Crippen molar-refractivity contribution in [1.82, 2.24) is 10.3 Å². The van der Waals surface area contributed by atoms with Crippen LogP contribution in [0, 0.1) is 5.41 Å². The molecule has 20 heavy (non-hydrogen) atoms. The second-order valence-corrected chi connectivity index (χ2v) is 7.06. The monoisotopic (exact) mass is 338 g/mol. The van der Waals surface area contributed by atoms with Crippen molar-refractivity contribution in [2.45, 2.75) is 64.8 Å². The first-order valence-corrected chi connectivity index (χ1v) is 8.82. The predicted octanol–water partition coefficient (Wildman–Crippen LogP) is 4.73. The van der Waals surface area contributed by atoms with Crippen LogP contribution in [0.25, 0.3) is 0 Å². The van der Waals surface area contributed by atoms with E-state index in [1.54, 1.807) is 0 Å². The van der Waals surface area contributed by atoms with Crippen LogP contribution in [0.1, 0.15) is 57.9 Å². The molecule has 1 atom stereocenters. The van der Waals surface area contributed by atoms with E-state index in [1.807, 2.05) is 12.4 Å². The molecule has 112 valence electrons. The first-order chi connectivity index (χ1) is 9.70. The molecule has 1 fully saturated rings. The number of halogens is 1. The van der Waals surface area contributed by atoms with Crippen LogP contribution in [0.5, 0.6) is 0 Å². The Labute approximate surface area is 131 Å². The van der Waals surface area contributed by atoms with Gasteiger partial charge in [-0.3, -0.25) is 4.98 Å². The Morgan fingerprint density at radius 2 is 2.05 bits per heavy atom. The average molecular weight is 339 g/mol. The molecule has 0 aliphatic heterocycles. The van der Waals surface area contributed by atoms with E-state index in [-0.39, 0.29) is 0 Å². The maximum absolute atomic E-state index is 4.32. The van der Waals surface area contributed by atoms with Crippen molar-refractivity contribution in [2.24, 2.45) is 5.41 Å². The van der Waals surface area contributed by atoms with Gasteiger partial charge >= 0.3 is 0 Å². The highest BCUT2D eigenvalue weighted by molar-refractivity contribution is 9.10. The molecule has 0 bridgehead atoms. The van der Waals surface area contributed by atoms with E-state index in [0.29, 0.717) is 11.5 Å². The third kappa shape index (κ3) is 3.82. The molecular formula is C17H27BrN2. The number of hydrogen-bond donors (Lipinski definition) is 1. The zero-order valence-electron chi connectivity index (χ0n) is 12.8. The summed E-state index contributed by atoms with van der Waals surface area (Å²) in [6, 6.07) is 2.80. The van der Waals surface area contributed by atoms with Crippen molar-refractivity contribution in [3.8, 4) is 0 Å². The van der Waals surface area contributed by atoms with Gasteiger partial charge in [0.1, 0.15) is 0 Å². The molecule has 0 aromatic carbocycles. The van der Waals surface area contributed by atoms with Crippen molar-refractivity contribution in [2.75, 3.05) is 6.54 Å². The quantitative estimate of drug-likeness (QED) is 0.777. The maximum atomic E-state index is 4.32. The van der Waals surface area contributed by atoms with Gasteiger partial charge in [-0.2, -0.15) is 0 Å². The minimum absolute atomic E-state index is 0.498. The third-order valence-electron chi connectivity index (χ3n) is 4.88. The smallest absolute Gasteiger partial charge is 0.0410 e. The molecule has 2 rings (SSSR count). The maximum Gasteiger partial charge on any atom is 0.0410 e. The van der Waals surface area contributed by atoms with Crippen LogP contribution in [0.3, 0.4) is 0 Å². The summed E-state index contributed by atoms with van der Waals surface area (Å²) in [5.41, 5.74) is 1.84. The minimum Gasteiger partial charge on any atom is -0.313 e. The fourth-order valence-corrected chi connectivity index (χ4v) is 4.07. The van der Waals surface area contributed by atoms with E-state index >= 15 is 0 Å². The minimum atomic E-state index is 0.498. The highest BCUT2D eigenvalue weighted by atomic mass is 79.9. The number of nitrogens with one attached hydrogen (secondary N) is 1. The van der Waals surface area contributed by atoms with Gasteiger partial charge in [-0.15, -0.1) is 0 Å². The molecule has 1 aliphatic rings. The summed E-state index contributed by atoms with van der Waals surface area (Å²) in [6.45, 7) is 5.73. The van der Waals surface area contributed by atoms with E-state index < -0.39 is 0 Å². The van der Waals surface area contributed by atoms with E-state index in [9.17, 15) is 0 Å². The Kier molecular flexibility index (Phi) is 6.03. The standard InChI is InChI=1S/C17H27BrN2/c1-3-9-20-16(17(4-2)7-5-6-8-17)11-14-10-15(18)13-19-12-14/h10,12-13,16,20H,3-9,11H2,1-2H3. The van der Waals surface area contributed by atoms with Crippen LogP contribution in [0.2, 0.25) is 0 Å². The summed E-state index contributed by atoms with van der Waals surface area (Å²) in [5.74, 6) is 0. The van der Waals surface area contributed by atoms with E-state index in [1.165, 1.54) is 44.1 Å². The van der Waals surface area contributed by atoms with E-state index in [2.05, 4.69) is 46.1 Å². The highest BCUT2D eigenvalue weighted by Crippen LogP contribution is 2.44. The number of nitrogens with zero attached hydrogens (tertiary/aromatic N) is 1. The van der Waals surface area contributed by atoms with Crippen molar-refractivity contribution >= 4 is 15.9 Å². The van der Waals surface area contributed by atoms with Crippen molar-refractivity contribution in [3.63, 3.8) is 0 Å². The molecule has 1 saturated carbocycles. The van der Waals surface area contributed by atoms with Crippen molar-refractivity contribution in [3.05, 3.63) is 28.5 Å². The van der Waals surface area contributed by atoms with Gasteiger partial charge in [-0.1, -0.05) is 26.7 Å². The van der Waals surface area contributed by atoms with Gasteiger partial charge < -0.3 is 5.32 Å². The summed E-state index contributed by atoms with van der Waals surface area (Å²) in [7, 11) is 0. The lowest BCUT2D eigenvalue weighted by atomic mass is 9.74. The summed E-state index contributed by atoms with van der Waals surface area (Å²) in [5, 5.41) is 3.83. The van der Waals surface area contributed by atoms with Gasteiger partial charge in [-0.05, 0) is 71.6 Å². The lowest BCUT2D eigenvalue weighted by molar-refractivity contribution is 0.184. The van der Waals surface area contributed by atoms with Crippen LogP contribution in [0.15, 0.2) is 22.9 Å². The van der Waals surface area contributed by atoms with Crippen LogP contribution in [-0.4, -0.2) is 17.6 Å². The molecule has 1 aliphatic carbocycles. The van der Waals surface area contributed by atoms with Gasteiger partial charge in [0, 0.05) is 22.9 Å². The zero-order chi connectivity index (χ0) is 14.4. The molecule has 1 N–H and O–H groups in total.